The summed E-state index contributed by atoms with van der Waals surface area (Å²) in [4.78, 5) is 0. The molecule has 0 saturated heterocycles. The van der Waals surface area contributed by atoms with Gasteiger partial charge in [0.05, 0.1) is 5.75 Å². The Balaban J connectivity index is 2.08. The molecule has 2 rings (SSSR count). The fourth-order valence-electron chi connectivity index (χ4n) is 1.76. The van der Waals surface area contributed by atoms with E-state index in [1.807, 2.05) is 26.0 Å². The van der Waals surface area contributed by atoms with E-state index in [0.717, 1.165) is 16.7 Å². The highest BCUT2D eigenvalue weighted by atomic mass is 32.2. The number of thioether (sulfide) groups is 1. The van der Waals surface area contributed by atoms with Crippen molar-refractivity contribution in [2.75, 3.05) is 17.8 Å². The van der Waals surface area contributed by atoms with Gasteiger partial charge in [-0.2, -0.15) is 0 Å². The van der Waals surface area contributed by atoms with Crippen LogP contribution in [0.1, 0.15) is 11.1 Å². The van der Waals surface area contributed by atoms with Crippen LogP contribution in [-0.2, 0) is 9.84 Å². The molecule has 0 unspecified atom stereocenters. The quantitative estimate of drug-likeness (QED) is 0.790. The summed E-state index contributed by atoms with van der Waals surface area (Å²) in [6.45, 7) is 4.02. The number of hydrogen-bond acceptors (Lipinski definition) is 6. The van der Waals surface area contributed by atoms with Gasteiger partial charge in [-0.25, -0.2) is 8.42 Å². The summed E-state index contributed by atoms with van der Waals surface area (Å²) in [7, 11) is -2.96. The number of sulfone groups is 1. The summed E-state index contributed by atoms with van der Waals surface area (Å²) in [5, 5.41) is 8.31. The number of rotatable bonds is 5. The van der Waals surface area contributed by atoms with Crippen LogP contribution in [0.3, 0.4) is 0 Å². The van der Waals surface area contributed by atoms with E-state index in [1.165, 1.54) is 18.0 Å². The van der Waals surface area contributed by atoms with Gasteiger partial charge < -0.3 is 4.42 Å². The third kappa shape index (κ3) is 4.35. The van der Waals surface area contributed by atoms with E-state index in [-0.39, 0.29) is 5.75 Å². The fraction of sp³-hybridized carbons (Fsp3) is 0.385. The molecule has 0 fully saturated rings. The highest BCUT2D eigenvalue weighted by molar-refractivity contribution is 8.00. The van der Waals surface area contributed by atoms with Gasteiger partial charge in [0.25, 0.3) is 5.22 Å². The van der Waals surface area contributed by atoms with Crippen molar-refractivity contribution in [1.29, 1.82) is 0 Å². The van der Waals surface area contributed by atoms with E-state index >= 15 is 0 Å². The maximum atomic E-state index is 11.0. The summed E-state index contributed by atoms with van der Waals surface area (Å²) in [5.74, 6) is 0.963. The first-order valence-corrected chi connectivity index (χ1v) is 9.11. The van der Waals surface area contributed by atoms with E-state index in [4.69, 9.17) is 4.42 Å². The highest BCUT2D eigenvalue weighted by Crippen LogP contribution is 2.24. The van der Waals surface area contributed by atoms with Crippen LogP contribution in [0.2, 0.25) is 0 Å². The predicted molar refractivity (Wildman–Crippen MR) is 79.6 cm³/mol. The Bertz CT molecular complexity index is 688. The van der Waals surface area contributed by atoms with Crippen LogP contribution in [0.25, 0.3) is 11.5 Å². The standard InChI is InChI=1S/C13H16N2O3S2/c1-9-6-10(2)8-11(7-9)12-14-15-13(18-12)19-4-5-20(3,16)17/h6-8H,4-5H2,1-3H3. The van der Waals surface area contributed by atoms with Gasteiger partial charge in [0.15, 0.2) is 0 Å². The van der Waals surface area contributed by atoms with Crippen molar-refractivity contribution >= 4 is 21.6 Å². The van der Waals surface area contributed by atoms with Gasteiger partial charge in [-0.1, -0.05) is 29.0 Å². The van der Waals surface area contributed by atoms with Gasteiger partial charge in [-0.05, 0) is 26.0 Å². The van der Waals surface area contributed by atoms with Crippen LogP contribution in [0.4, 0.5) is 0 Å². The maximum absolute atomic E-state index is 11.0. The third-order valence-electron chi connectivity index (χ3n) is 2.55. The van der Waals surface area contributed by atoms with Gasteiger partial charge in [0.1, 0.15) is 9.84 Å². The van der Waals surface area contributed by atoms with Crippen molar-refractivity contribution in [3.63, 3.8) is 0 Å². The zero-order valence-corrected chi connectivity index (χ0v) is 13.2. The average molecular weight is 312 g/mol. The second-order valence-corrected chi connectivity index (χ2v) is 8.03. The lowest BCUT2D eigenvalue weighted by molar-refractivity contribution is 0.466. The minimum atomic E-state index is -2.96. The molecule has 0 amide bonds. The molecule has 0 aliphatic rings. The Morgan fingerprint density at radius 3 is 2.40 bits per heavy atom. The summed E-state index contributed by atoms with van der Waals surface area (Å²) >= 11 is 1.25. The molecule has 5 nitrogen and oxygen atoms in total. The molecule has 20 heavy (non-hydrogen) atoms. The molecule has 0 radical (unpaired) electrons. The number of hydrogen-bond donors (Lipinski definition) is 0. The largest absolute Gasteiger partial charge is 0.411 e. The first-order chi connectivity index (χ1) is 9.33. The molecule has 0 bridgehead atoms. The summed E-state index contributed by atoms with van der Waals surface area (Å²) in [6, 6.07) is 6.03. The summed E-state index contributed by atoms with van der Waals surface area (Å²) in [5.41, 5.74) is 3.14. The lowest BCUT2D eigenvalue weighted by Gasteiger charge is -2.00. The summed E-state index contributed by atoms with van der Waals surface area (Å²) < 4.78 is 27.6. The molecule has 1 heterocycles. The molecule has 1 aromatic heterocycles. The number of aryl methyl sites for hydroxylation is 2. The van der Waals surface area contributed by atoms with Gasteiger partial charge in [-0.3, -0.25) is 0 Å². The molecule has 0 aliphatic carbocycles. The molecule has 108 valence electrons. The maximum Gasteiger partial charge on any atom is 0.276 e. The molecule has 0 aliphatic heterocycles. The van der Waals surface area contributed by atoms with Crippen LogP contribution < -0.4 is 0 Å². The molecule has 0 N–H and O–H groups in total. The Kier molecular flexibility index (Phi) is 4.49. The van der Waals surface area contributed by atoms with Gasteiger partial charge in [0.2, 0.25) is 5.89 Å². The van der Waals surface area contributed by atoms with Gasteiger partial charge >= 0.3 is 0 Å². The number of nitrogens with zero attached hydrogens (tertiary/aromatic N) is 2. The first kappa shape index (κ1) is 15.1. The Morgan fingerprint density at radius 1 is 1.15 bits per heavy atom. The molecule has 0 saturated carbocycles. The van der Waals surface area contributed by atoms with Crippen LogP contribution in [0, 0.1) is 13.8 Å². The minimum Gasteiger partial charge on any atom is -0.411 e. The molecule has 0 spiro atoms. The third-order valence-corrected chi connectivity index (χ3v) is 4.58. The Labute approximate surface area is 122 Å². The van der Waals surface area contributed by atoms with Crippen molar-refractivity contribution in [1.82, 2.24) is 10.2 Å². The zero-order valence-electron chi connectivity index (χ0n) is 11.6. The SMILES string of the molecule is Cc1cc(C)cc(-c2nnc(SCCS(C)(=O)=O)o2)c1. The van der Waals surface area contributed by atoms with Crippen molar-refractivity contribution < 1.29 is 12.8 Å². The average Bonchev–Trinajstić information content (AvgIpc) is 2.74. The van der Waals surface area contributed by atoms with Crippen LogP contribution in [0.15, 0.2) is 27.8 Å². The van der Waals surface area contributed by atoms with Crippen LogP contribution in [0.5, 0.6) is 0 Å². The van der Waals surface area contributed by atoms with Crippen LogP contribution >= 0.6 is 11.8 Å². The van der Waals surface area contributed by atoms with Gasteiger partial charge in [0, 0.05) is 17.6 Å². The molecule has 2 aromatic rings. The zero-order chi connectivity index (χ0) is 14.8. The number of aromatic nitrogens is 2. The highest BCUT2D eigenvalue weighted by Gasteiger charge is 2.11. The molecule has 1 aromatic carbocycles. The van der Waals surface area contributed by atoms with Gasteiger partial charge in [-0.15, -0.1) is 10.2 Å². The van der Waals surface area contributed by atoms with Crippen molar-refractivity contribution in [3.05, 3.63) is 29.3 Å². The summed E-state index contributed by atoms with van der Waals surface area (Å²) in [6.07, 6.45) is 1.21. The topological polar surface area (TPSA) is 73.1 Å². The van der Waals surface area contributed by atoms with E-state index < -0.39 is 9.84 Å². The molecular weight excluding hydrogens is 296 g/mol. The lowest BCUT2D eigenvalue weighted by Crippen LogP contribution is -2.04. The second-order valence-electron chi connectivity index (χ2n) is 4.73. The van der Waals surface area contributed by atoms with E-state index in [2.05, 4.69) is 16.3 Å². The number of benzene rings is 1. The predicted octanol–water partition coefficient (Wildman–Crippen LogP) is 2.49. The van der Waals surface area contributed by atoms with Crippen LogP contribution in [-0.4, -0.2) is 36.4 Å². The Morgan fingerprint density at radius 2 is 1.80 bits per heavy atom. The second kappa shape index (κ2) is 5.97. The van der Waals surface area contributed by atoms with Crippen molar-refractivity contribution in [3.8, 4) is 11.5 Å². The van der Waals surface area contributed by atoms with E-state index in [1.54, 1.807) is 0 Å². The minimum absolute atomic E-state index is 0.0962. The molecule has 7 heteroatoms. The first-order valence-electron chi connectivity index (χ1n) is 6.06. The molecule has 0 atom stereocenters. The molecular formula is C13H16N2O3S2. The lowest BCUT2D eigenvalue weighted by atomic mass is 10.1. The monoisotopic (exact) mass is 312 g/mol. The van der Waals surface area contributed by atoms with E-state index in [0.29, 0.717) is 16.9 Å². The van der Waals surface area contributed by atoms with E-state index in [9.17, 15) is 8.42 Å². The Hall–Kier alpha value is -1.34. The normalized spacial score (nSPS) is 11.8. The fourth-order valence-corrected chi connectivity index (χ4v) is 3.72. The van der Waals surface area contributed by atoms with Crippen molar-refractivity contribution in [2.45, 2.75) is 19.1 Å². The van der Waals surface area contributed by atoms with Crippen molar-refractivity contribution in [2.24, 2.45) is 0 Å². The smallest absolute Gasteiger partial charge is 0.276 e.